The Kier molecular flexibility index (Phi) is 12.7. The topological polar surface area (TPSA) is 47.9 Å². The Balaban J connectivity index is 2.79. The van der Waals surface area contributed by atoms with Gasteiger partial charge >= 0.3 is 0 Å². The molecular formula is C23H37NO3. The van der Waals surface area contributed by atoms with Gasteiger partial charge in [-0.05, 0) is 19.3 Å². The summed E-state index contributed by atoms with van der Waals surface area (Å²) >= 11 is 0. The molecule has 1 rings (SSSR count). The molecule has 0 radical (unpaired) electrons. The Morgan fingerprint density at radius 2 is 1.52 bits per heavy atom. The molecule has 0 aliphatic carbocycles. The molecule has 1 unspecified atom stereocenters. The highest BCUT2D eigenvalue weighted by Crippen LogP contribution is 2.40. The summed E-state index contributed by atoms with van der Waals surface area (Å²) in [7, 11) is 3.48. The van der Waals surface area contributed by atoms with Gasteiger partial charge in [-0.3, -0.25) is 0 Å². The zero-order valence-electron chi connectivity index (χ0n) is 17.4. The normalized spacial score (nSPS) is 12.6. The molecule has 0 fully saturated rings. The second-order valence-electron chi connectivity index (χ2n) is 7.16. The maximum absolute atomic E-state index is 10.3. The fraction of sp³-hybridized carbons (Fsp3) is 0.696. The van der Waals surface area contributed by atoms with Gasteiger partial charge in [0.2, 0.25) is 6.08 Å². The van der Waals surface area contributed by atoms with E-state index < -0.39 is 5.79 Å². The van der Waals surface area contributed by atoms with Gasteiger partial charge in [0, 0.05) is 25.7 Å². The number of hydrogen-bond acceptors (Lipinski definition) is 4. The molecule has 0 aromatic heterocycles. The van der Waals surface area contributed by atoms with Gasteiger partial charge in [0.15, 0.2) is 5.79 Å². The Labute approximate surface area is 165 Å². The van der Waals surface area contributed by atoms with Crippen LogP contribution in [0.2, 0.25) is 0 Å². The fourth-order valence-electron chi connectivity index (χ4n) is 3.88. The van der Waals surface area contributed by atoms with Gasteiger partial charge in [-0.2, -0.15) is 0 Å². The smallest absolute Gasteiger partial charge is 0.234 e. The van der Waals surface area contributed by atoms with E-state index in [2.05, 4.69) is 24.0 Å². The summed E-state index contributed by atoms with van der Waals surface area (Å²) in [5.41, 5.74) is 1.07. The maximum Gasteiger partial charge on any atom is 0.234 e. The fourth-order valence-corrected chi connectivity index (χ4v) is 3.88. The van der Waals surface area contributed by atoms with Crippen molar-refractivity contribution in [1.82, 2.24) is 0 Å². The van der Waals surface area contributed by atoms with Gasteiger partial charge in [0.05, 0.1) is 6.54 Å². The first-order valence-corrected chi connectivity index (χ1v) is 10.4. The number of benzene rings is 1. The summed E-state index contributed by atoms with van der Waals surface area (Å²) in [5, 5.41) is 0. The molecule has 0 amide bonds. The minimum Gasteiger partial charge on any atom is -0.349 e. The Bertz CT molecular complexity index is 522. The molecule has 0 heterocycles. The molecule has 0 spiro atoms. The number of rotatable bonds is 16. The van der Waals surface area contributed by atoms with E-state index in [1.807, 2.05) is 18.2 Å². The van der Waals surface area contributed by atoms with Crippen molar-refractivity contribution in [3.63, 3.8) is 0 Å². The van der Waals surface area contributed by atoms with E-state index in [4.69, 9.17) is 9.47 Å². The monoisotopic (exact) mass is 375 g/mol. The number of nitrogens with zero attached hydrogens (tertiary/aromatic N) is 1. The van der Waals surface area contributed by atoms with Crippen LogP contribution in [0.5, 0.6) is 0 Å². The standard InChI is InChI=1S/C23H37NO3/c1-4-5-6-7-8-10-15-22(18-13-14-19-24-20-25)23(26-2,27-3)21-16-11-9-12-17-21/h9,11-12,16-17,22H,4-8,10,13-15,18-19H2,1-3H3. The van der Waals surface area contributed by atoms with Gasteiger partial charge in [0.1, 0.15) is 0 Å². The van der Waals surface area contributed by atoms with Crippen molar-refractivity contribution in [1.29, 1.82) is 0 Å². The van der Waals surface area contributed by atoms with Crippen LogP contribution in [0.25, 0.3) is 0 Å². The molecule has 1 atom stereocenters. The molecule has 4 nitrogen and oxygen atoms in total. The van der Waals surface area contributed by atoms with E-state index in [9.17, 15) is 4.79 Å². The first-order valence-electron chi connectivity index (χ1n) is 10.4. The maximum atomic E-state index is 10.3. The molecule has 0 N–H and O–H groups in total. The number of ether oxygens (including phenoxy) is 2. The van der Waals surface area contributed by atoms with E-state index in [-0.39, 0.29) is 5.92 Å². The van der Waals surface area contributed by atoms with Gasteiger partial charge in [0.25, 0.3) is 0 Å². The highest BCUT2D eigenvalue weighted by molar-refractivity contribution is 5.32. The molecule has 0 aliphatic rings. The average Bonchev–Trinajstić information content (AvgIpc) is 2.71. The number of aliphatic imine (C=N–C) groups is 1. The summed E-state index contributed by atoms with van der Waals surface area (Å²) in [6.45, 7) is 2.79. The van der Waals surface area contributed by atoms with E-state index in [1.54, 1.807) is 20.3 Å². The summed E-state index contributed by atoms with van der Waals surface area (Å²) < 4.78 is 12.0. The minimum atomic E-state index is -0.724. The lowest BCUT2D eigenvalue weighted by Crippen LogP contribution is -2.39. The van der Waals surface area contributed by atoms with Gasteiger partial charge in [-0.1, -0.05) is 82.2 Å². The number of methoxy groups -OCH3 is 2. The van der Waals surface area contributed by atoms with E-state index >= 15 is 0 Å². The third-order valence-corrected chi connectivity index (χ3v) is 5.36. The van der Waals surface area contributed by atoms with Crippen LogP contribution in [-0.2, 0) is 20.1 Å². The van der Waals surface area contributed by atoms with Crippen molar-refractivity contribution in [2.45, 2.75) is 76.9 Å². The van der Waals surface area contributed by atoms with Crippen LogP contribution in [0.15, 0.2) is 35.3 Å². The van der Waals surface area contributed by atoms with Crippen LogP contribution in [0, 0.1) is 5.92 Å². The lowest BCUT2D eigenvalue weighted by molar-refractivity contribution is -0.253. The lowest BCUT2D eigenvalue weighted by atomic mass is 9.83. The molecule has 4 heteroatoms. The second kappa shape index (κ2) is 14.6. The van der Waals surface area contributed by atoms with Crippen molar-refractivity contribution in [2.24, 2.45) is 10.9 Å². The third-order valence-electron chi connectivity index (χ3n) is 5.36. The van der Waals surface area contributed by atoms with Crippen molar-refractivity contribution < 1.29 is 14.3 Å². The van der Waals surface area contributed by atoms with Crippen LogP contribution in [0.4, 0.5) is 0 Å². The SMILES string of the molecule is CCCCCCCCC(CCCCN=C=O)C(OC)(OC)c1ccccc1. The highest BCUT2D eigenvalue weighted by atomic mass is 16.7. The van der Waals surface area contributed by atoms with E-state index in [0.717, 1.165) is 31.2 Å². The van der Waals surface area contributed by atoms with Crippen molar-refractivity contribution >= 4 is 6.08 Å². The summed E-state index contributed by atoms with van der Waals surface area (Å²) in [6.07, 6.45) is 13.2. The van der Waals surface area contributed by atoms with Crippen LogP contribution < -0.4 is 0 Å². The van der Waals surface area contributed by atoms with Crippen molar-refractivity contribution in [2.75, 3.05) is 20.8 Å². The van der Waals surface area contributed by atoms with Crippen molar-refractivity contribution in [3.05, 3.63) is 35.9 Å². The predicted octanol–water partition coefficient (Wildman–Crippen LogP) is 6.01. The van der Waals surface area contributed by atoms with E-state index in [0.29, 0.717) is 6.54 Å². The number of carbonyl (C=O) groups excluding carboxylic acids is 1. The molecule has 152 valence electrons. The van der Waals surface area contributed by atoms with Crippen LogP contribution in [0.1, 0.15) is 76.7 Å². The molecule has 0 saturated heterocycles. The van der Waals surface area contributed by atoms with Crippen LogP contribution >= 0.6 is 0 Å². The zero-order valence-corrected chi connectivity index (χ0v) is 17.4. The number of unbranched alkanes of at least 4 members (excludes halogenated alkanes) is 6. The number of isocyanates is 1. The first kappa shape index (κ1) is 23.6. The lowest BCUT2D eigenvalue weighted by Gasteiger charge is -2.39. The van der Waals surface area contributed by atoms with Gasteiger partial charge in [-0.15, -0.1) is 0 Å². The Morgan fingerprint density at radius 1 is 0.926 bits per heavy atom. The van der Waals surface area contributed by atoms with Crippen LogP contribution in [-0.4, -0.2) is 26.8 Å². The zero-order chi connectivity index (χ0) is 19.8. The number of hydrogen-bond donors (Lipinski definition) is 0. The third kappa shape index (κ3) is 7.96. The molecule has 1 aromatic rings. The molecule has 27 heavy (non-hydrogen) atoms. The largest absolute Gasteiger partial charge is 0.349 e. The Morgan fingerprint density at radius 3 is 2.11 bits per heavy atom. The Hall–Kier alpha value is -1.48. The quantitative estimate of drug-likeness (QED) is 0.154. The van der Waals surface area contributed by atoms with Gasteiger partial charge < -0.3 is 9.47 Å². The summed E-state index contributed by atoms with van der Waals surface area (Å²) in [6, 6.07) is 10.2. The van der Waals surface area contributed by atoms with Crippen LogP contribution in [0.3, 0.4) is 0 Å². The molecule has 1 aromatic carbocycles. The molecule has 0 saturated carbocycles. The predicted molar refractivity (Wildman–Crippen MR) is 110 cm³/mol. The first-order chi connectivity index (χ1) is 13.2. The van der Waals surface area contributed by atoms with Gasteiger partial charge in [-0.25, -0.2) is 9.79 Å². The summed E-state index contributed by atoms with van der Waals surface area (Å²) in [5.74, 6) is -0.459. The molecule has 0 bridgehead atoms. The summed E-state index contributed by atoms with van der Waals surface area (Å²) in [4.78, 5) is 13.9. The molecule has 0 aliphatic heterocycles. The van der Waals surface area contributed by atoms with Crippen molar-refractivity contribution in [3.8, 4) is 0 Å². The second-order valence-corrected chi connectivity index (χ2v) is 7.16. The molecular weight excluding hydrogens is 338 g/mol. The minimum absolute atomic E-state index is 0.265. The average molecular weight is 376 g/mol. The highest BCUT2D eigenvalue weighted by Gasteiger charge is 2.40. The van der Waals surface area contributed by atoms with E-state index in [1.165, 1.54) is 38.5 Å².